The summed E-state index contributed by atoms with van der Waals surface area (Å²) in [5, 5.41) is 6.12. The molecule has 1 aliphatic rings. The van der Waals surface area contributed by atoms with Gasteiger partial charge in [-0.1, -0.05) is 19.1 Å². The van der Waals surface area contributed by atoms with Crippen LogP contribution in [0, 0.1) is 0 Å². The molecule has 26 heavy (non-hydrogen) atoms. The zero-order valence-corrected chi connectivity index (χ0v) is 15.3. The van der Waals surface area contributed by atoms with Gasteiger partial charge in [0.15, 0.2) is 0 Å². The predicted molar refractivity (Wildman–Crippen MR) is 106 cm³/mol. The summed E-state index contributed by atoms with van der Waals surface area (Å²) < 4.78 is 0. The molecular weight excluding hydrogens is 326 g/mol. The van der Waals surface area contributed by atoms with Crippen LogP contribution in [0.15, 0.2) is 48.5 Å². The first-order valence-electron chi connectivity index (χ1n) is 9.13. The van der Waals surface area contributed by atoms with E-state index in [-0.39, 0.29) is 17.9 Å². The standard InChI is InChI=1S/C21H25N3O2/c1-3-16-6-8-18(9-7-16)23-21(26)15(2)22-17-10-12-19(13-11-17)24-14-4-5-20(24)25/h6-13,15,22H,3-5,14H2,1-2H3,(H,23,26)/t15-/m0/s1. The molecule has 0 aromatic heterocycles. The van der Waals surface area contributed by atoms with E-state index in [0.717, 1.165) is 36.4 Å². The van der Waals surface area contributed by atoms with E-state index in [1.54, 1.807) is 4.90 Å². The van der Waals surface area contributed by atoms with Gasteiger partial charge in [0.2, 0.25) is 11.8 Å². The van der Waals surface area contributed by atoms with Crippen molar-refractivity contribution >= 4 is 28.9 Å². The predicted octanol–water partition coefficient (Wildman–Crippen LogP) is 3.81. The Kier molecular flexibility index (Phi) is 5.56. The quantitative estimate of drug-likeness (QED) is 0.832. The van der Waals surface area contributed by atoms with E-state index in [1.807, 2.05) is 55.5 Å². The molecule has 1 fully saturated rings. The van der Waals surface area contributed by atoms with Crippen LogP contribution >= 0.6 is 0 Å². The molecule has 5 nitrogen and oxygen atoms in total. The Morgan fingerprint density at radius 1 is 1.08 bits per heavy atom. The summed E-state index contributed by atoms with van der Waals surface area (Å²) in [4.78, 5) is 26.0. The molecule has 1 saturated heterocycles. The van der Waals surface area contributed by atoms with Gasteiger partial charge >= 0.3 is 0 Å². The Hall–Kier alpha value is -2.82. The molecule has 2 amide bonds. The highest BCUT2D eigenvalue weighted by Gasteiger charge is 2.21. The highest BCUT2D eigenvalue weighted by Crippen LogP contribution is 2.23. The monoisotopic (exact) mass is 351 g/mol. The average molecular weight is 351 g/mol. The van der Waals surface area contributed by atoms with Crippen molar-refractivity contribution in [3.05, 3.63) is 54.1 Å². The molecule has 5 heteroatoms. The third kappa shape index (κ3) is 4.23. The highest BCUT2D eigenvalue weighted by atomic mass is 16.2. The number of nitrogens with one attached hydrogen (secondary N) is 2. The molecule has 2 aromatic carbocycles. The first kappa shape index (κ1) is 18.0. The largest absolute Gasteiger partial charge is 0.374 e. The van der Waals surface area contributed by atoms with Crippen LogP contribution in [0.2, 0.25) is 0 Å². The fourth-order valence-corrected chi connectivity index (χ4v) is 3.05. The number of hydrogen-bond acceptors (Lipinski definition) is 3. The minimum Gasteiger partial charge on any atom is -0.374 e. The zero-order chi connectivity index (χ0) is 18.5. The van der Waals surface area contributed by atoms with Gasteiger partial charge in [-0.15, -0.1) is 0 Å². The number of nitrogens with zero attached hydrogens (tertiary/aromatic N) is 1. The minimum atomic E-state index is -0.375. The maximum Gasteiger partial charge on any atom is 0.246 e. The van der Waals surface area contributed by atoms with E-state index < -0.39 is 0 Å². The van der Waals surface area contributed by atoms with Gasteiger partial charge in [-0.05, 0) is 61.7 Å². The lowest BCUT2D eigenvalue weighted by molar-refractivity contribution is -0.117. The first-order chi connectivity index (χ1) is 12.6. The molecule has 0 bridgehead atoms. The van der Waals surface area contributed by atoms with Crippen molar-refractivity contribution in [3.8, 4) is 0 Å². The summed E-state index contributed by atoms with van der Waals surface area (Å²) in [7, 11) is 0. The summed E-state index contributed by atoms with van der Waals surface area (Å²) in [5.74, 6) is 0.0839. The van der Waals surface area contributed by atoms with Crippen LogP contribution in [0.3, 0.4) is 0 Å². The third-order valence-electron chi connectivity index (χ3n) is 4.66. The van der Waals surface area contributed by atoms with Crippen molar-refractivity contribution in [1.82, 2.24) is 0 Å². The Balaban J connectivity index is 1.57. The van der Waals surface area contributed by atoms with Gasteiger partial charge in [0.1, 0.15) is 6.04 Å². The molecule has 0 saturated carbocycles. The Morgan fingerprint density at radius 3 is 2.31 bits per heavy atom. The van der Waals surface area contributed by atoms with Crippen molar-refractivity contribution in [1.29, 1.82) is 0 Å². The Morgan fingerprint density at radius 2 is 1.73 bits per heavy atom. The molecule has 1 heterocycles. The molecule has 0 spiro atoms. The fraction of sp³-hybridized carbons (Fsp3) is 0.333. The second-order valence-corrected chi connectivity index (χ2v) is 6.60. The van der Waals surface area contributed by atoms with E-state index in [2.05, 4.69) is 17.6 Å². The molecule has 1 atom stereocenters. The van der Waals surface area contributed by atoms with E-state index in [1.165, 1.54) is 5.56 Å². The van der Waals surface area contributed by atoms with Crippen LogP contribution in [-0.2, 0) is 16.0 Å². The number of carbonyl (C=O) groups excluding carboxylic acids is 2. The number of carbonyl (C=O) groups is 2. The molecule has 2 N–H and O–H groups in total. The van der Waals surface area contributed by atoms with Crippen LogP contribution in [0.4, 0.5) is 17.1 Å². The lowest BCUT2D eigenvalue weighted by Gasteiger charge is -2.18. The molecule has 3 rings (SSSR count). The van der Waals surface area contributed by atoms with E-state index in [9.17, 15) is 9.59 Å². The third-order valence-corrected chi connectivity index (χ3v) is 4.66. The second-order valence-electron chi connectivity index (χ2n) is 6.60. The van der Waals surface area contributed by atoms with Crippen molar-refractivity contribution in [3.63, 3.8) is 0 Å². The SMILES string of the molecule is CCc1ccc(NC(=O)[C@H](C)Nc2ccc(N3CCCC3=O)cc2)cc1. The summed E-state index contributed by atoms with van der Waals surface area (Å²) in [6.45, 7) is 4.71. The van der Waals surface area contributed by atoms with Crippen molar-refractivity contribution in [2.45, 2.75) is 39.2 Å². The number of anilines is 3. The molecule has 0 aliphatic carbocycles. The fourth-order valence-electron chi connectivity index (χ4n) is 3.05. The zero-order valence-electron chi connectivity index (χ0n) is 15.3. The summed E-state index contributed by atoms with van der Waals surface area (Å²) in [6, 6.07) is 15.1. The van der Waals surface area contributed by atoms with Crippen LogP contribution in [-0.4, -0.2) is 24.4 Å². The normalized spacial score (nSPS) is 15.0. The lowest BCUT2D eigenvalue weighted by atomic mass is 10.1. The van der Waals surface area contributed by atoms with Crippen molar-refractivity contribution in [2.75, 3.05) is 22.1 Å². The van der Waals surface area contributed by atoms with Crippen molar-refractivity contribution < 1.29 is 9.59 Å². The smallest absolute Gasteiger partial charge is 0.246 e. The summed E-state index contributed by atoms with van der Waals surface area (Å²) >= 11 is 0. The molecule has 2 aromatic rings. The minimum absolute atomic E-state index is 0.0898. The van der Waals surface area contributed by atoms with Crippen LogP contribution in [0.1, 0.15) is 32.3 Å². The second kappa shape index (κ2) is 8.04. The van der Waals surface area contributed by atoms with Gasteiger partial charge in [0.05, 0.1) is 0 Å². The Labute approximate surface area is 154 Å². The lowest BCUT2D eigenvalue weighted by Crippen LogP contribution is -2.31. The maximum absolute atomic E-state index is 12.4. The van der Waals surface area contributed by atoms with Crippen LogP contribution < -0.4 is 15.5 Å². The maximum atomic E-state index is 12.4. The molecule has 0 unspecified atom stereocenters. The van der Waals surface area contributed by atoms with Gasteiger partial charge in [-0.2, -0.15) is 0 Å². The van der Waals surface area contributed by atoms with Gasteiger partial charge in [-0.25, -0.2) is 0 Å². The van der Waals surface area contributed by atoms with E-state index in [0.29, 0.717) is 6.42 Å². The molecule has 0 radical (unpaired) electrons. The number of aryl methyl sites for hydroxylation is 1. The number of rotatable bonds is 6. The first-order valence-corrected chi connectivity index (χ1v) is 9.13. The van der Waals surface area contributed by atoms with E-state index in [4.69, 9.17) is 0 Å². The topological polar surface area (TPSA) is 61.4 Å². The van der Waals surface area contributed by atoms with Gasteiger partial charge < -0.3 is 15.5 Å². The Bertz CT molecular complexity index is 769. The van der Waals surface area contributed by atoms with Gasteiger partial charge in [0, 0.05) is 30.0 Å². The van der Waals surface area contributed by atoms with E-state index >= 15 is 0 Å². The molecule has 136 valence electrons. The molecule has 1 aliphatic heterocycles. The van der Waals surface area contributed by atoms with Crippen molar-refractivity contribution in [2.24, 2.45) is 0 Å². The average Bonchev–Trinajstić information content (AvgIpc) is 3.09. The van der Waals surface area contributed by atoms with Gasteiger partial charge in [0.25, 0.3) is 0 Å². The number of amides is 2. The summed E-state index contributed by atoms with van der Waals surface area (Å²) in [5.41, 5.74) is 3.80. The molecular formula is C21H25N3O2. The van der Waals surface area contributed by atoms with Crippen LogP contribution in [0.5, 0.6) is 0 Å². The number of benzene rings is 2. The summed E-state index contributed by atoms with van der Waals surface area (Å²) in [6.07, 6.45) is 2.51. The van der Waals surface area contributed by atoms with Gasteiger partial charge in [-0.3, -0.25) is 9.59 Å². The van der Waals surface area contributed by atoms with Crippen LogP contribution in [0.25, 0.3) is 0 Å². The number of hydrogen-bond donors (Lipinski definition) is 2. The highest BCUT2D eigenvalue weighted by molar-refractivity contribution is 5.97.